The van der Waals surface area contributed by atoms with Crippen LogP contribution in [0, 0.1) is 0 Å². The highest BCUT2D eigenvalue weighted by Crippen LogP contribution is 2.40. The number of allylic oxidation sites excluding steroid dienone is 1. The van der Waals surface area contributed by atoms with Crippen LogP contribution >= 0.6 is 0 Å². The molecular weight excluding hydrogens is 456 g/mol. The lowest BCUT2D eigenvalue weighted by atomic mass is 9.90. The van der Waals surface area contributed by atoms with E-state index in [-0.39, 0.29) is 34.9 Å². The van der Waals surface area contributed by atoms with Crippen LogP contribution in [0.5, 0.6) is 0 Å². The molecule has 1 N–H and O–H groups in total. The minimum Gasteiger partial charge on any atom is -0.437 e. The summed E-state index contributed by atoms with van der Waals surface area (Å²) in [6.07, 6.45) is -2.00. The first-order valence-electron chi connectivity index (χ1n) is 10.6. The molecular formula is C25H22N2O8. The van der Waals surface area contributed by atoms with Crippen molar-refractivity contribution in [2.45, 2.75) is 12.8 Å². The number of nitrogens with one attached hydrogen (secondary N) is 1. The Morgan fingerprint density at radius 1 is 0.829 bits per heavy atom. The van der Waals surface area contributed by atoms with Crippen molar-refractivity contribution in [1.82, 2.24) is 10.2 Å². The Labute approximate surface area is 200 Å². The van der Waals surface area contributed by atoms with Gasteiger partial charge in [0.05, 0.1) is 43.3 Å². The zero-order valence-electron chi connectivity index (χ0n) is 19.2. The van der Waals surface area contributed by atoms with Gasteiger partial charge in [0.2, 0.25) is 0 Å². The van der Waals surface area contributed by atoms with Gasteiger partial charge in [0, 0.05) is 0 Å². The minimum absolute atomic E-state index is 0.00380. The number of hydrogen-bond donors (Lipinski definition) is 1. The van der Waals surface area contributed by atoms with Gasteiger partial charge < -0.3 is 24.3 Å². The second-order valence-corrected chi connectivity index (χ2v) is 7.66. The number of dihydropyridines is 1. The Hall–Kier alpha value is -4.60. The number of carbonyl (C=O) groups is 4. The Balaban J connectivity index is 1.81. The van der Waals surface area contributed by atoms with Crippen LogP contribution in [-0.2, 0) is 18.9 Å². The second kappa shape index (κ2) is 9.72. The number of ether oxygens (including phenoxy) is 4. The molecule has 0 aromatic heterocycles. The molecule has 0 saturated carbocycles. The molecule has 2 amide bonds. The zero-order chi connectivity index (χ0) is 25.1. The van der Waals surface area contributed by atoms with Gasteiger partial charge in [-0.3, -0.25) is 14.5 Å². The molecule has 2 aromatic rings. The van der Waals surface area contributed by atoms with E-state index in [2.05, 4.69) is 10.1 Å². The molecule has 0 saturated heterocycles. The second-order valence-electron chi connectivity index (χ2n) is 7.66. The van der Waals surface area contributed by atoms with E-state index >= 15 is 0 Å². The quantitative estimate of drug-likeness (QED) is 0.507. The summed E-state index contributed by atoms with van der Waals surface area (Å²) in [5.41, 5.74) is 1.82. The first-order chi connectivity index (χ1) is 16.8. The maximum absolute atomic E-state index is 13.0. The monoisotopic (exact) mass is 478 g/mol. The molecule has 1 atom stereocenters. The van der Waals surface area contributed by atoms with Gasteiger partial charge in [0.25, 0.3) is 11.8 Å². The Morgan fingerprint density at radius 2 is 1.34 bits per heavy atom. The molecule has 2 heterocycles. The average molecular weight is 478 g/mol. The van der Waals surface area contributed by atoms with Crippen LogP contribution < -0.4 is 5.32 Å². The first-order valence-corrected chi connectivity index (χ1v) is 10.6. The number of rotatable bonds is 5. The lowest BCUT2D eigenvalue weighted by molar-refractivity contribution is 0.0659. The van der Waals surface area contributed by atoms with E-state index in [1.807, 2.05) is 0 Å². The zero-order valence-corrected chi connectivity index (χ0v) is 19.2. The van der Waals surface area contributed by atoms with Gasteiger partial charge in [-0.25, -0.2) is 9.59 Å². The van der Waals surface area contributed by atoms with Crippen molar-refractivity contribution in [3.8, 4) is 0 Å². The molecule has 0 aliphatic carbocycles. The topological polar surface area (TPSA) is 120 Å². The van der Waals surface area contributed by atoms with E-state index in [1.165, 1.54) is 7.11 Å². The maximum Gasteiger partial charge on any atom is 0.513 e. The maximum atomic E-state index is 13.0. The van der Waals surface area contributed by atoms with E-state index in [4.69, 9.17) is 14.2 Å². The third kappa shape index (κ3) is 4.45. The number of carbonyl (C=O) groups excluding carboxylic acids is 4. The molecule has 10 nitrogen and oxygen atoms in total. The summed E-state index contributed by atoms with van der Waals surface area (Å²) in [6.45, 7) is 1.41. The summed E-state index contributed by atoms with van der Waals surface area (Å²) in [4.78, 5) is 51.2. The predicted molar refractivity (Wildman–Crippen MR) is 121 cm³/mol. The minimum atomic E-state index is -1.03. The van der Waals surface area contributed by atoms with Crippen LogP contribution in [0.25, 0.3) is 0 Å². The number of imide groups is 1. The van der Waals surface area contributed by atoms with E-state index in [0.29, 0.717) is 11.3 Å². The summed E-state index contributed by atoms with van der Waals surface area (Å²) >= 11 is 0. The molecule has 10 heteroatoms. The molecule has 0 bridgehead atoms. The Morgan fingerprint density at radius 3 is 1.89 bits per heavy atom. The molecule has 180 valence electrons. The van der Waals surface area contributed by atoms with Crippen molar-refractivity contribution in [2.24, 2.45) is 0 Å². The van der Waals surface area contributed by atoms with Crippen molar-refractivity contribution in [1.29, 1.82) is 0 Å². The fourth-order valence-corrected chi connectivity index (χ4v) is 3.98. The highest BCUT2D eigenvalue weighted by molar-refractivity contribution is 6.21. The predicted octanol–water partition coefficient (Wildman–Crippen LogP) is 3.68. The lowest BCUT2D eigenvalue weighted by Crippen LogP contribution is -2.39. The molecule has 0 fully saturated rings. The van der Waals surface area contributed by atoms with Gasteiger partial charge >= 0.3 is 12.3 Å². The fourth-order valence-electron chi connectivity index (χ4n) is 3.98. The van der Waals surface area contributed by atoms with Crippen LogP contribution in [0.3, 0.4) is 0 Å². The molecule has 2 aliphatic rings. The van der Waals surface area contributed by atoms with Crippen molar-refractivity contribution >= 4 is 24.1 Å². The third-order valence-electron chi connectivity index (χ3n) is 5.58. The largest absolute Gasteiger partial charge is 0.513 e. The van der Waals surface area contributed by atoms with Crippen LogP contribution in [0.4, 0.5) is 9.59 Å². The number of benzene rings is 2. The number of hydrogen-bond acceptors (Lipinski definition) is 9. The molecule has 0 spiro atoms. The number of fused-ring (bicyclic) bond motifs is 1. The van der Waals surface area contributed by atoms with Crippen LogP contribution in [0.2, 0.25) is 0 Å². The molecule has 0 radical (unpaired) electrons. The molecule has 1 unspecified atom stereocenters. The number of methoxy groups -OCH3 is 2. The number of amides is 2. The lowest BCUT2D eigenvalue weighted by Gasteiger charge is -2.32. The summed E-state index contributed by atoms with van der Waals surface area (Å²) in [5.74, 6) is -1.73. The van der Waals surface area contributed by atoms with Gasteiger partial charge in [-0.15, -0.1) is 0 Å². The van der Waals surface area contributed by atoms with Crippen molar-refractivity contribution in [2.75, 3.05) is 20.8 Å². The van der Waals surface area contributed by atoms with Gasteiger partial charge in [-0.2, -0.15) is 0 Å². The SMILES string of the molecule is COC(=O)OC1=C(C)NC(CN2C(=O)c3ccccc3C2=O)=C(OC(=O)OC)C1c1ccccc1. The molecule has 2 aliphatic heterocycles. The fraction of sp³-hybridized carbons (Fsp3) is 0.200. The summed E-state index contributed by atoms with van der Waals surface area (Å²) in [5, 5.41) is 3.02. The van der Waals surface area contributed by atoms with E-state index in [1.54, 1.807) is 61.5 Å². The van der Waals surface area contributed by atoms with Gasteiger partial charge in [0.1, 0.15) is 17.4 Å². The first kappa shape index (κ1) is 23.6. The van der Waals surface area contributed by atoms with Gasteiger partial charge in [-0.1, -0.05) is 42.5 Å². The van der Waals surface area contributed by atoms with Crippen LogP contribution in [-0.4, -0.2) is 49.8 Å². The van der Waals surface area contributed by atoms with Gasteiger partial charge in [0.15, 0.2) is 0 Å². The summed E-state index contributed by atoms with van der Waals surface area (Å²) in [7, 11) is 2.31. The van der Waals surface area contributed by atoms with Crippen LogP contribution in [0.1, 0.15) is 39.1 Å². The van der Waals surface area contributed by atoms with E-state index in [0.717, 1.165) is 12.0 Å². The standard InChI is InChI=1S/C25H22N2O8/c1-14-20(34-24(30)32-2)19(15-9-5-4-6-10-15)21(35-25(31)33-3)18(26-14)13-27-22(28)16-11-7-8-12-17(16)23(27)29/h4-12,19,26H,13H2,1-3H3. The highest BCUT2D eigenvalue weighted by atomic mass is 16.7. The van der Waals surface area contributed by atoms with Gasteiger partial charge in [-0.05, 0) is 24.6 Å². The summed E-state index contributed by atoms with van der Waals surface area (Å²) in [6, 6.07) is 15.3. The highest BCUT2D eigenvalue weighted by Gasteiger charge is 2.40. The Bertz CT molecular complexity index is 1230. The van der Waals surface area contributed by atoms with Crippen molar-refractivity contribution < 1.29 is 38.1 Å². The molecule has 35 heavy (non-hydrogen) atoms. The molecule has 2 aromatic carbocycles. The van der Waals surface area contributed by atoms with E-state index in [9.17, 15) is 19.2 Å². The normalized spacial score (nSPS) is 17.1. The molecule has 4 rings (SSSR count). The van der Waals surface area contributed by atoms with Crippen LogP contribution in [0.15, 0.2) is 77.5 Å². The van der Waals surface area contributed by atoms with Crippen molar-refractivity contribution in [3.63, 3.8) is 0 Å². The smallest absolute Gasteiger partial charge is 0.437 e. The third-order valence-corrected chi connectivity index (χ3v) is 5.58. The number of nitrogens with zero attached hydrogens (tertiary/aromatic N) is 1. The average Bonchev–Trinajstić information content (AvgIpc) is 3.11. The van der Waals surface area contributed by atoms with E-state index < -0.39 is 30.0 Å². The summed E-state index contributed by atoms with van der Waals surface area (Å²) < 4.78 is 20.3. The Kier molecular flexibility index (Phi) is 6.54. The van der Waals surface area contributed by atoms with Crippen molar-refractivity contribution in [3.05, 3.63) is 94.2 Å².